The van der Waals surface area contributed by atoms with Crippen LogP contribution in [-0.4, -0.2) is 78.6 Å². The highest BCUT2D eigenvalue weighted by molar-refractivity contribution is 6.31. The van der Waals surface area contributed by atoms with E-state index < -0.39 is 30.3 Å². The van der Waals surface area contributed by atoms with Gasteiger partial charge in [0.05, 0.1) is 41.6 Å². The van der Waals surface area contributed by atoms with Crippen LogP contribution in [-0.2, 0) is 14.3 Å². The summed E-state index contributed by atoms with van der Waals surface area (Å²) in [5.74, 6) is -3.20. The number of nitrogens with one attached hydrogen (secondary N) is 2. The fourth-order valence-electron chi connectivity index (χ4n) is 4.44. The molecule has 1 aromatic heterocycles. The van der Waals surface area contributed by atoms with Crippen molar-refractivity contribution in [2.24, 2.45) is 0 Å². The van der Waals surface area contributed by atoms with Crippen molar-refractivity contribution < 1.29 is 41.0 Å². The number of hydrogen-bond acceptors (Lipinski definition) is 8. The van der Waals surface area contributed by atoms with Crippen LogP contribution >= 0.6 is 11.6 Å². The van der Waals surface area contributed by atoms with Gasteiger partial charge in [0.1, 0.15) is 23.7 Å². The topological polar surface area (TPSA) is 97.8 Å². The molecule has 2 N–H and O–H groups in total. The molecule has 2 fully saturated rings. The molecule has 3 aromatic rings. The van der Waals surface area contributed by atoms with Crippen LogP contribution in [0.1, 0.15) is 0 Å². The predicted octanol–water partition coefficient (Wildman–Crippen LogP) is 5.00. The summed E-state index contributed by atoms with van der Waals surface area (Å²) in [4.78, 5) is 22.7. The molecule has 1 amide bonds. The summed E-state index contributed by atoms with van der Waals surface area (Å²) in [7, 11) is 0. The first-order chi connectivity index (χ1) is 19.6. The van der Waals surface area contributed by atoms with Crippen molar-refractivity contribution in [3.8, 4) is 5.75 Å². The van der Waals surface area contributed by atoms with Gasteiger partial charge in [0.15, 0.2) is 12.4 Å². The van der Waals surface area contributed by atoms with E-state index in [-0.39, 0.29) is 51.9 Å². The minimum Gasteiger partial charge on any atom is -0.482 e. The van der Waals surface area contributed by atoms with E-state index in [0.29, 0.717) is 32.0 Å². The molecule has 0 bridgehead atoms. The van der Waals surface area contributed by atoms with E-state index >= 15 is 0 Å². The van der Waals surface area contributed by atoms with Gasteiger partial charge in [-0.3, -0.25) is 9.69 Å². The third-order valence-corrected chi connectivity index (χ3v) is 6.63. The van der Waals surface area contributed by atoms with Crippen LogP contribution in [0.3, 0.4) is 0 Å². The number of carbonyl (C=O) groups is 1. The Kier molecular flexibility index (Phi) is 8.54. The maximum absolute atomic E-state index is 14.8. The fraction of sp³-hybridized carbons (Fsp3) is 0.346. The third-order valence-electron chi connectivity index (χ3n) is 6.34. The highest BCUT2D eigenvalue weighted by Crippen LogP contribution is 2.35. The Hall–Kier alpha value is -3.59. The molecule has 2 aliphatic heterocycles. The van der Waals surface area contributed by atoms with Crippen LogP contribution in [0.4, 0.5) is 39.1 Å². The van der Waals surface area contributed by atoms with Crippen molar-refractivity contribution in [2.75, 3.05) is 50.1 Å². The minimum atomic E-state index is -4.68. The van der Waals surface area contributed by atoms with Crippen molar-refractivity contribution in [3.63, 3.8) is 0 Å². The molecule has 0 spiro atoms. The van der Waals surface area contributed by atoms with Gasteiger partial charge >= 0.3 is 6.18 Å². The van der Waals surface area contributed by atoms with E-state index in [4.69, 9.17) is 25.8 Å². The molecule has 2 aliphatic rings. The van der Waals surface area contributed by atoms with Crippen LogP contribution < -0.4 is 15.4 Å². The minimum absolute atomic E-state index is 0.0935. The Morgan fingerprint density at radius 1 is 1.15 bits per heavy atom. The number of anilines is 3. The molecule has 15 heteroatoms. The largest absolute Gasteiger partial charge is 0.482 e. The summed E-state index contributed by atoms with van der Waals surface area (Å²) >= 11 is 5.84. The quantitative estimate of drug-likeness (QED) is 0.276. The van der Waals surface area contributed by atoms with Crippen LogP contribution in [0.5, 0.6) is 5.75 Å². The normalized spacial score (nSPS) is 19.7. The Labute approximate surface area is 235 Å². The van der Waals surface area contributed by atoms with Gasteiger partial charge in [0.25, 0.3) is 5.91 Å². The second-order valence-corrected chi connectivity index (χ2v) is 9.70. The maximum Gasteiger partial charge on any atom is 0.422 e. The lowest BCUT2D eigenvalue weighted by Gasteiger charge is -2.24. The first kappa shape index (κ1) is 28.9. The molecular weight excluding hydrogens is 577 g/mol. The van der Waals surface area contributed by atoms with Crippen LogP contribution in [0.15, 0.2) is 48.6 Å². The van der Waals surface area contributed by atoms with Crippen molar-refractivity contribution in [1.82, 2.24) is 14.9 Å². The molecule has 2 atom stereocenters. The molecule has 41 heavy (non-hydrogen) atoms. The summed E-state index contributed by atoms with van der Waals surface area (Å²) in [5.41, 5.74) is 0.257. The smallest absolute Gasteiger partial charge is 0.422 e. The Morgan fingerprint density at radius 2 is 1.88 bits per heavy atom. The van der Waals surface area contributed by atoms with Crippen molar-refractivity contribution >= 4 is 45.6 Å². The van der Waals surface area contributed by atoms with E-state index in [2.05, 4.69) is 20.6 Å². The third kappa shape index (κ3) is 7.19. The lowest BCUT2D eigenvalue weighted by Crippen LogP contribution is -2.36. The zero-order valence-electron chi connectivity index (χ0n) is 21.2. The van der Waals surface area contributed by atoms with Gasteiger partial charge in [0.2, 0.25) is 0 Å². The Balaban J connectivity index is 1.38. The van der Waals surface area contributed by atoms with Gasteiger partial charge in [-0.15, -0.1) is 0 Å². The highest BCUT2D eigenvalue weighted by atomic mass is 35.5. The predicted molar refractivity (Wildman–Crippen MR) is 140 cm³/mol. The van der Waals surface area contributed by atoms with Crippen LogP contribution in [0.25, 0.3) is 10.9 Å². The van der Waals surface area contributed by atoms with E-state index in [1.165, 1.54) is 18.2 Å². The number of alkyl halides is 3. The summed E-state index contributed by atoms with van der Waals surface area (Å²) in [6.07, 6.45) is -2.72. The van der Waals surface area contributed by atoms with Crippen molar-refractivity contribution in [1.29, 1.82) is 0 Å². The standard InChI is InChI=1S/C26H23ClF5N5O4/c27-16-7-14(1-2-17(16)28)35-24-15-8-20(21(41-12-26(30,31)32)9-19(15)33-13-34-24)36-25(38)18(29)3-4-37-10-22-23(11-37)40-6-5-39-22/h1-3,7-9,13,22-23H,4-6,10-12H2,(H,36,38)(H,33,34,35)/b18-3+/t22-,23-/m0/s1. The average molecular weight is 600 g/mol. The monoisotopic (exact) mass is 599 g/mol. The zero-order valence-corrected chi connectivity index (χ0v) is 21.9. The van der Waals surface area contributed by atoms with Crippen molar-refractivity contribution in [3.05, 3.63) is 59.4 Å². The Morgan fingerprint density at radius 3 is 2.56 bits per heavy atom. The first-order valence-electron chi connectivity index (χ1n) is 12.4. The van der Waals surface area contributed by atoms with Crippen molar-refractivity contribution in [2.45, 2.75) is 18.4 Å². The van der Waals surface area contributed by atoms with E-state index in [1.807, 2.05) is 4.90 Å². The number of likely N-dealkylation sites (tertiary alicyclic amines) is 1. The summed E-state index contributed by atoms with van der Waals surface area (Å²) in [6.45, 7) is 0.399. The Bertz CT molecular complexity index is 1460. The van der Waals surface area contributed by atoms with E-state index in [0.717, 1.165) is 24.5 Å². The van der Waals surface area contributed by atoms with E-state index in [1.54, 1.807) is 0 Å². The number of amides is 1. The highest BCUT2D eigenvalue weighted by Gasteiger charge is 2.36. The maximum atomic E-state index is 14.8. The second kappa shape index (κ2) is 12.1. The van der Waals surface area contributed by atoms with Gasteiger partial charge in [-0.2, -0.15) is 13.2 Å². The summed E-state index contributed by atoms with van der Waals surface area (Å²) in [5, 5.41) is 5.28. The number of ether oxygens (including phenoxy) is 3. The van der Waals surface area contributed by atoms with Gasteiger partial charge in [0, 0.05) is 36.8 Å². The molecule has 9 nitrogen and oxygen atoms in total. The number of nitrogens with zero attached hydrogens (tertiary/aromatic N) is 3. The second-order valence-electron chi connectivity index (χ2n) is 9.29. The summed E-state index contributed by atoms with van der Waals surface area (Å²) in [6, 6.07) is 6.25. The number of carbonyl (C=O) groups excluding carboxylic acids is 1. The molecule has 0 saturated carbocycles. The summed E-state index contributed by atoms with van der Waals surface area (Å²) < 4.78 is 83.3. The number of benzene rings is 2. The average Bonchev–Trinajstić information content (AvgIpc) is 3.35. The molecule has 5 rings (SSSR count). The number of aromatic nitrogens is 2. The van der Waals surface area contributed by atoms with Gasteiger partial charge in [-0.25, -0.2) is 18.7 Å². The van der Waals surface area contributed by atoms with Crippen LogP contribution in [0, 0.1) is 5.82 Å². The number of fused-ring (bicyclic) bond motifs is 2. The zero-order chi connectivity index (χ0) is 29.1. The van der Waals surface area contributed by atoms with Gasteiger partial charge in [-0.05, 0) is 30.3 Å². The number of hydrogen-bond donors (Lipinski definition) is 2. The molecular formula is C26H23ClF5N5O4. The molecule has 0 unspecified atom stereocenters. The lowest BCUT2D eigenvalue weighted by atomic mass is 10.1. The molecule has 0 aliphatic carbocycles. The number of halogens is 6. The molecule has 2 aromatic carbocycles. The SMILES string of the molecule is O=C(Nc1cc2c(Nc3ccc(F)c(Cl)c3)ncnc2cc1OCC(F)(F)F)/C(F)=C\CN1C[C@@H]2OCCO[C@H]2C1. The van der Waals surface area contributed by atoms with E-state index in [9.17, 15) is 26.7 Å². The molecule has 3 heterocycles. The van der Waals surface area contributed by atoms with Gasteiger partial charge < -0.3 is 24.8 Å². The first-order valence-corrected chi connectivity index (χ1v) is 12.8. The lowest BCUT2D eigenvalue weighted by molar-refractivity contribution is -0.153. The molecule has 218 valence electrons. The number of rotatable bonds is 8. The molecule has 0 radical (unpaired) electrons. The van der Waals surface area contributed by atoms with Gasteiger partial charge in [-0.1, -0.05) is 11.6 Å². The fourth-order valence-corrected chi connectivity index (χ4v) is 4.62. The van der Waals surface area contributed by atoms with Crippen LogP contribution in [0.2, 0.25) is 5.02 Å². The molecule has 2 saturated heterocycles.